The van der Waals surface area contributed by atoms with Crippen LogP contribution in [0.25, 0.3) is 0 Å². The molecule has 0 aliphatic carbocycles. The van der Waals surface area contributed by atoms with Crippen molar-refractivity contribution in [3.8, 4) is 11.5 Å². The lowest BCUT2D eigenvalue weighted by Crippen LogP contribution is -2.47. The minimum absolute atomic E-state index is 0.0101. The molecule has 0 spiro atoms. The van der Waals surface area contributed by atoms with Gasteiger partial charge < -0.3 is 19.5 Å². The molecule has 1 fully saturated rings. The Morgan fingerprint density at radius 1 is 1.26 bits per heavy atom. The van der Waals surface area contributed by atoms with Crippen LogP contribution in [-0.2, 0) is 9.53 Å². The molecule has 1 aliphatic heterocycles. The highest BCUT2D eigenvalue weighted by Gasteiger charge is 2.29. The maximum atomic E-state index is 14.7. The second kappa shape index (κ2) is 11.3. The summed E-state index contributed by atoms with van der Waals surface area (Å²) in [6.45, 7) is 6.13. The fourth-order valence-corrected chi connectivity index (χ4v) is 3.91. The van der Waals surface area contributed by atoms with Crippen molar-refractivity contribution >= 4 is 17.5 Å². The van der Waals surface area contributed by atoms with E-state index in [1.54, 1.807) is 24.3 Å². The van der Waals surface area contributed by atoms with Gasteiger partial charge in [-0.2, -0.15) is 0 Å². The number of nitrogens with zero attached hydrogens (tertiary/aromatic N) is 1. The number of benzene rings is 2. The van der Waals surface area contributed by atoms with E-state index in [-0.39, 0.29) is 25.2 Å². The standard InChI is InChI=1S/C23H28ClFN2O4/c1-3-29-20-9-4-5-10-21(20)31-15-22(28)26-13-19(27-11-12-30-16(2)14-27)23-17(24)7-6-8-18(23)25/h4-10,16,19H,3,11-15H2,1-2H3,(H,26,28). The Morgan fingerprint density at radius 3 is 2.68 bits per heavy atom. The Labute approximate surface area is 187 Å². The van der Waals surface area contributed by atoms with Gasteiger partial charge >= 0.3 is 0 Å². The van der Waals surface area contributed by atoms with E-state index < -0.39 is 11.9 Å². The van der Waals surface area contributed by atoms with E-state index in [0.717, 1.165) is 0 Å². The van der Waals surface area contributed by atoms with Gasteiger partial charge in [-0.25, -0.2) is 4.39 Å². The van der Waals surface area contributed by atoms with Crippen molar-refractivity contribution in [2.45, 2.75) is 26.0 Å². The Balaban J connectivity index is 1.67. The summed E-state index contributed by atoms with van der Waals surface area (Å²) in [5.41, 5.74) is 0.376. The molecule has 1 amide bonds. The van der Waals surface area contributed by atoms with Gasteiger partial charge in [-0.05, 0) is 38.1 Å². The highest BCUT2D eigenvalue weighted by Crippen LogP contribution is 2.31. The topological polar surface area (TPSA) is 60.0 Å². The molecule has 2 aromatic carbocycles. The number of rotatable bonds is 9. The van der Waals surface area contributed by atoms with E-state index in [0.29, 0.717) is 48.4 Å². The van der Waals surface area contributed by atoms with Crippen LogP contribution in [-0.4, -0.2) is 56.4 Å². The van der Waals surface area contributed by atoms with Crippen LogP contribution in [0.15, 0.2) is 42.5 Å². The van der Waals surface area contributed by atoms with Gasteiger partial charge in [0.25, 0.3) is 5.91 Å². The van der Waals surface area contributed by atoms with Gasteiger partial charge in [0.05, 0.1) is 25.4 Å². The molecule has 0 saturated carbocycles. The zero-order valence-corrected chi connectivity index (χ0v) is 18.5. The first-order chi connectivity index (χ1) is 15.0. The molecule has 1 N–H and O–H groups in total. The monoisotopic (exact) mass is 450 g/mol. The molecule has 1 saturated heterocycles. The molecule has 168 valence electrons. The zero-order valence-electron chi connectivity index (χ0n) is 17.8. The van der Waals surface area contributed by atoms with E-state index in [4.69, 9.17) is 25.8 Å². The summed E-state index contributed by atoms with van der Waals surface area (Å²) in [5, 5.41) is 3.19. The third kappa shape index (κ3) is 6.32. The molecule has 8 heteroatoms. The molecule has 0 aromatic heterocycles. The predicted molar refractivity (Wildman–Crippen MR) is 117 cm³/mol. The summed E-state index contributed by atoms with van der Waals surface area (Å²) in [6.07, 6.45) is 0.0101. The molecule has 3 rings (SSSR count). The van der Waals surface area contributed by atoms with E-state index in [2.05, 4.69) is 10.2 Å². The minimum atomic E-state index is -0.417. The van der Waals surface area contributed by atoms with Gasteiger partial charge in [-0.15, -0.1) is 0 Å². The van der Waals surface area contributed by atoms with Gasteiger partial charge in [-0.3, -0.25) is 9.69 Å². The second-order valence-electron chi connectivity index (χ2n) is 7.30. The number of carbonyl (C=O) groups excluding carboxylic acids is 1. The largest absolute Gasteiger partial charge is 0.490 e. The van der Waals surface area contributed by atoms with Gasteiger partial charge in [0.1, 0.15) is 5.82 Å². The summed E-state index contributed by atoms with van der Waals surface area (Å²) in [5.74, 6) is 0.365. The Hall–Kier alpha value is -2.35. The average molecular weight is 451 g/mol. The predicted octanol–water partition coefficient (Wildman–Crippen LogP) is 3.83. The van der Waals surface area contributed by atoms with Crippen LogP contribution < -0.4 is 14.8 Å². The SMILES string of the molecule is CCOc1ccccc1OCC(=O)NCC(c1c(F)cccc1Cl)N1CCOC(C)C1. The van der Waals surface area contributed by atoms with Gasteiger partial charge in [-0.1, -0.05) is 29.8 Å². The molecule has 2 unspecified atom stereocenters. The third-order valence-corrected chi connectivity index (χ3v) is 5.38. The second-order valence-corrected chi connectivity index (χ2v) is 7.71. The Morgan fingerprint density at radius 2 is 2.00 bits per heavy atom. The summed E-state index contributed by atoms with van der Waals surface area (Å²) < 4.78 is 31.4. The molecular formula is C23H28ClFN2O4. The number of morpholine rings is 1. The number of halogens is 2. The van der Waals surface area contributed by atoms with Crippen molar-refractivity contribution in [2.75, 3.05) is 39.5 Å². The molecule has 2 aromatic rings. The normalized spacial score (nSPS) is 17.7. The number of carbonyl (C=O) groups is 1. The zero-order chi connectivity index (χ0) is 22.2. The van der Waals surface area contributed by atoms with Crippen molar-refractivity contribution < 1.29 is 23.4 Å². The molecule has 0 bridgehead atoms. The fraction of sp³-hybridized carbons (Fsp3) is 0.435. The molecular weight excluding hydrogens is 423 g/mol. The number of ether oxygens (including phenoxy) is 3. The van der Waals surface area contributed by atoms with Crippen molar-refractivity contribution in [3.63, 3.8) is 0 Å². The van der Waals surface area contributed by atoms with Crippen molar-refractivity contribution in [3.05, 3.63) is 58.9 Å². The van der Waals surface area contributed by atoms with Crippen molar-refractivity contribution in [1.29, 1.82) is 0 Å². The van der Waals surface area contributed by atoms with Gasteiger partial charge in [0.15, 0.2) is 18.1 Å². The van der Waals surface area contributed by atoms with Crippen LogP contribution in [0, 0.1) is 5.82 Å². The van der Waals surface area contributed by atoms with Crippen molar-refractivity contribution in [1.82, 2.24) is 10.2 Å². The highest BCUT2D eigenvalue weighted by atomic mass is 35.5. The first-order valence-corrected chi connectivity index (χ1v) is 10.8. The number of para-hydroxylation sites is 2. The van der Waals surface area contributed by atoms with Gasteiger partial charge in [0.2, 0.25) is 0 Å². The lowest BCUT2D eigenvalue weighted by atomic mass is 10.0. The lowest BCUT2D eigenvalue weighted by Gasteiger charge is -2.38. The molecule has 0 radical (unpaired) electrons. The number of amides is 1. The number of nitrogens with one attached hydrogen (secondary N) is 1. The summed E-state index contributed by atoms with van der Waals surface area (Å²) >= 11 is 6.33. The van der Waals surface area contributed by atoms with E-state index >= 15 is 0 Å². The van der Waals surface area contributed by atoms with E-state index in [9.17, 15) is 9.18 Å². The van der Waals surface area contributed by atoms with Crippen LogP contribution in [0.2, 0.25) is 5.02 Å². The molecule has 6 nitrogen and oxygen atoms in total. The number of hydrogen-bond acceptors (Lipinski definition) is 5. The first kappa shape index (κ1) is 23.3. The third-order valence-electron chi connectivity index (χ3n) is 5.05. The Kier molecular flexibility index (Phi) is 8.51. The average Bonchev–Trinajstić information content (AvgIpc) is 2.75. The minimum Gasteiger partial charge on any atom is -0.490 e. The van der Waals surface area contributed by atoms with Crippen LogP contribution in [0.4, 0.5) is 4.39 Å². The lowest BCUT2D eigenvalue weighted by molar-refractivity contribution is -0.123. The summed E-state index contributed by atoms with van der Waals surface area (Å²) in [6, 6.07) is 11.4. The molecule has 2 atom stereocenters. The number of hydrogen-bond donors (Lipinski definition) is 1. The smallest absolute Gasteiger partial charge is 0.258 e. The highest BCUT2D eigenvalue weighted by molar-refractivity contribution is 6.31. The molecule has 1 aliphatic rings. The fourth-order valence-electron chi connectivity index (χ4n) is 3.62. The first-order valence-electron chi connectivity index (χ1n) is 10.4. The van der Waals surface area contributed by atoms with Crippen LogP contribution >= 0.6 is 11.6 Å². The maximum absolute atomic E-state index is 14.7. The quantitative estimate of drug-likeness (QED) is 0.629. The molecule has 1 heterocycles. The Bertz CT molecular complexity index is 862. The van der Waals surface area contributed by atoms with Crippen LogP contribution in [0.5, 0.6) is 11.5 Å². The van der Waals surface area contributed by atoms with E-state index in [1.807, 2.05) is 26.0 Å². The summed E-state index contributed by atoms with van der Waals surface area (Å²) in [7, 11) is 0. The van der Waals surface area contributed by atoms with E-state index in [1.165, 1.54) is 6.07 Å². The maximum Gasteiger partial charge on any atom is 0.258 e. The van der Waals surface area contributed by atoms with Crippen LogP contribution in [0.1, 0.15) is 25.5 Å². The molecule has 31 heavy (non-hydrogen) atoms. The van der Waals surface area contributed by atoms with Gasteiger partial charge in [0, 0.05) is 30.2 Å². The van der Waals surface area contributed by atoms with Crippen LogP contribution in [0.3, 0.4) is 0 Å². The summed E-state index contributed by atoms with van der Waals surface area (Å²) in [4.78, 5) is 14.6. The van der Waals surface area contributed by atoms with Crippen molar-refractivity contribution in [2.24, 2.45) is 0 Å².